The van der Waals surface area contributed by atoms with Crippen LogP contribution in [0.4, 0.5) is 0 Å². The van der Waals surface area contributed by atoms with Gasteiger partial charge in [-0.1, -0.05) is 23.7 Å². The molecule has 2 amide bonds. The number of rotatable bonds is 4. The third-order valence-corrected chi connectivity index (χ3v) is 4.38. The van der Waals surface area contributed by atoms with Gasteiger partial charge in [0.05, 0.1) is 6.04 Å². The SMILES string of the molecule is Cc1c(C(=O)NC(C)c2ccc(C(N)=O)cc2)oc2ccc(Cl)cc12. The Kier molecular flexibility index (Phi) is 4.51. The molecule has 5 nitrogen and oxygen atoms in total. The first-order valence-electron chi connectivity index (χ1n) is 7.76. The van der Waals surface area contributed by atoms with Crippen molar-refractivity contribution in [3.63, 3.8) is 0 Å². The summed E-state index contributed by atoms with van der Waals surface area (Å²) >= 11 is 6.00. The molecule has 0 aliphatic rings. The smallest absolute Gasteiger partial charge is 0.287 e. The molecule has 3 aromatic rings. The number of primary amides is 1. The fraction of sp³-hybridized carbons (Fsp3) is 0.158. The minimum atomic E-state index is -0.486. The molecular weight excluding hydrogens is 340 g/mol. The highest BCUT2D eigenvalue weighted by Gasteiger charge is 2.20. The number of halogens is 1. The maximum atomic E-state index is 12.6. The Labute approximate surface area is 149 Å². The number of fused-ring (bicyclic) bond motifs is 1. The van der Waals surface area contributed by atoms with Crippen molar-refractivity contribution < 1.29 is 14.0 Å². The highest BCUT2D eigenvalue weighted by molar-refractivity contribution is 6.31. The number of nitrogens with one attached hydrogen (secondary N) is 1. The Morgan fingerprint density at radius 1 is 1.16 bits per heavy atom. The monoisotopic (exact) mass is 356 g/mol. The molecule has 128 valence electrons. The Morgan fingerprint density at radius 2 is 1.84 bits per heavy atom. The number of furan rings is 1. The van der Waals surface area contributed by atoms with Crippen LogP contribution in [0.15, 0.2) is 46.9 Å². The average Bonchev–Trinajstić information content (AvgIpc) is 2.91. The van der Waals surface area contributed by atoms with Crippen molar-refractivity contribution in [2.75, 3.05) is 0 Å². The molecule has 0 aliphatic heterocycles. The molecule has 2 aromatic carbocycles. The average molecular weight is 357 g/mol. The standard InChI is InChI=1S/C19H17ClN2O3/c1-10-15-9-14(20)7-8-16(15)25-17(10)19(24)22-11(2)12-3-5-13(6-4-12)18(21)23/h3-9,11H,1-2H3,(H2,21,23)(H,22,24). The van der Waals surface area contributed by atoms with E-state index in [9.17, 15) is 9.59 Å². The van der Waals surface area contributed by atoms with Crippen LogP contribution in [0.1, 0.15) is 45.0 Å². The predicted molar refractivity (Wildman–Crippen MR) is 96.8 cm³/mol. The van der Waals surface area contributed by atoms with E-state index in [-0.39, 0.29) is 17.7 Å². The molecule has 1 unspecified atom stereocenters. The van der Waals surface area contributed by atoms with Gasteiger partial charge in [-0.15, -0.1) is 0 Å². The van der Waals surface area contributed by atoms with E-state index in [2.05, 4.69) is 5.32 Å². The number of amides is 2. The zero-order chi connectivity index (χ0) is 18.1. The van der Waals surface area contributed by atoms with E-state index in [1.165, 1.54) is 0 Å². The van der Waals surface area contributed by atoms with Gasteiger partial charge in [0, 0.05) is 21.5 Å². The first kappa shape index (κ1) is 17.0. The minimum Gasteiger partial charge on any atom is -0.451 e. The van der Waals surface area contributed by atoms with Crippen molar-refractivity contribution in [3.05, 3.63) is 69.9 Å². The summed E-state index contributed by atoms with van der Waals surface area (Å²) in [4.78, 5) is 23.7. The third-order valence-electron chi connectivity index (χ3n) is 4.15. The Morgan fingerprint density at radius 3 is 2.48 bits per heavy atom. The summed E-state index contributed by atoms with van der Waals surface area (Å²) in [5.74, 6) is -0.533. The molecule has 1 heterocycles. The Hall–Kier alpha value is -2.79. The molecule has 0 fully saturated rings. The van der Waals surface area contributed by atoms with Crippen LogP contribution >= 0.6 is 11.6 Å². The van der Waals surface area contributed by atoms with E-state index in [0.29, 0.717) is 16.2 Å². The van der Waals surface area contributed by atoms with Gasteiger partial charge in [-0.05, 0) is 49.7 Å². The molecule has 3 N–H and O–H groups in total. The second-order valence-corrected chi connectivity index (χ2v) is 6.31. The Balaban J connectivity index is 1.82. The van der Waals surface area contributed by atoms with Crippen LogP contribution in [0.2, 0.25) is 5.02 Å². The van der Waals surface area contributed by atoms with Crippen LogP contribution in [0.3, 0.4) is 0 Å². The van der Waals surface area contributed by atoms with Crippen LogP contribution in [0.25, 0.3) is 11.0 Å². The highest BCUT2D eigenvalue weighted by Crippen LogP contribution is 2.28. The molecular formula is C19H17ClN2O3. The lowest BCUT2D eigenvalue weighted by Crippen LogP contribution is -2.26. The van der Waals surface area contributed by atoms with Crippen molar-refractivity contribution in [1.29, 1.82) is 0 Å². The number of carbonyl (C=O) groups excluding carboxylic acids is 2. The van der Waals surface area contributed by atoms with Crippen LogP contribution in [-0.4, -0.2) is 11.8 Å². The first-order chi connectivity index (χ1) is 11.9. The van der Waals surface area contributed by atoms with E-state index in [4.69, 9.17) is 21.8 Å². The summed E-state index contributed by atoms with van der Waals surface area (Å²) in [7, 11) is 0. The van der Waals surface area contributed by atoms with Crippen molar-refractivity contribution in [3.8, 4) is 0 Å². The fourth-order valence-corrected chi connectivity index (χ4v) is 2.86. The summed E-state index contributed by atoms with van der Waals surface area (Å²) in [6.45, 7) is 3.68. The normalized spacial score (nSPS) is 12.1. The van der Waals surface area contributed by atoms with Gasteiger partial charge in [0.15, 0.2) is 5.76 Å². The van der Waals surface area contributed by atoms with Crippen LogP contribution < -0.4 is 11.1 Å². The quantitative estimate of drug-likeness (QED) is 0.741. The van der Waals surface area contributed by atoms with Crippen molar-refractivity contribution in [2.45, 2.75) is 19.9 Å². The maximum Gasteiger partial charge on any atom is 0.287 e. The van der Waals surface area contributed by atoms with Crippen LogP contribution in [0.5, 0.6) is 0 Å². The van der Waals surface area contributed by atoms with Crippen molar-refractivity contribution in [1.82, 2.24) is 5.32 Å². The van der Waals surface area contributed by atoms with Crippen molar-refractivity contribution in [2.24, 2.45) is 5.73 Å². The molecule has 0 bridgehead atoms. The third kappa shape index (κ3) is 3.37. The van der Waals surface area contributed by atoms with Gasteiger partial charge >= 0.3 is 0 Å². The Bertz CT molecular complexity index is 961. The number of benzene rings is 2. The summed E-state index contributed by atoms with van der Waals surface area (Å²) in [5, 5.41) is 4.30. The van der Waals surface area contributed by atoms with Gasteiger partial charge in [-0.2, -0.15) is 0 Å². The number of nitrogens with two attached hydrogens (primary N) is 1. The summed E-state index contributed by atoms with van der Waals surface area (Å²) in [6, 6.07) is 11.8. The van der Waals surface area contributed by atoms with E-state index >= 15 is 0 Å². The lowest BCUT2D eigenvalue weighted by Gasteiger charge is -2.14. The number of hydrogen-bond donors (Lipinski definition) is 2. The van der Waals surface area contributed by atoms with E-state index < -0.39 is 5.91 Å². The molecule has 3 rings (SSSR count). The van der Waals surface area contributed by atoms with Gasteiger partial charge < -0.3 is 15.5 Å². The molecule has 1 atom stereocenters. The van der Waals surface area contributed by atoms with Crippen molar-refractivity contribution >= 4 is 34.4 Å². The molecule has 0 radical (unpaired) electrons. The van der Waals surface area contributed by atoms with E-state index in [1.54, 1.807) is 42.5 Å². The maximum absolute atomic E-state index is 12.6. The van der Waals surface area contributed by atoms with Crippen LogP contribution in [-0.2, 0) is 0 Å². The van der Waals surface area contributed by atoms with Gasteiger partial charge in [-0.3, -0.25) is 9.59 Å². The molecule has 1 aromatic heterocycles. The van der Waals surface area contributed by atoms with Gasteiger partial charge in [0.1, 0.15) is 5.58 Å². The second-order valence-electron chi connectivity index (χ2n) is 5.88. The zero-order valence-electron chi connectivity index (χ0n) is 13.8. The minimum absolute atomic E-state index is 0.259. The summed E-state index contributed by atoms with van der Waals surface area (Å²) in [5.41, 5.74) is 7.87. The topological polar surface area (TPSA) is 85.3 Å². The molecule has 6 heteroatoms. The highest BCUT2D eigenvalue weighted by atomic mass is 35.5. The zero-order valence-corrected chi connectivity index (χ0v) is 14.6. The second kappa shape index (κ2) is 6.61. The van der Waals surface area contributed by atoms with Gasteiger partial charge in [0.2, 0.25) is 5.91 Å². The van der Waals surface area contributed by atoms with E-state index in [0.717, 1.165) is 16.5 Å². The summed E-state index contributed by atoms with van der Waals surface area (Å²) in [6.07, 6.45) is 0. The van der Waals surface area contributed by atoms with Crippen LogP contribution in [0, 0.1) is 6.92 Å². The molecule has 25 heavy (non-hydrogen) atoms. The molecule has 0 aliphatic carbocycles. The molecule has 0 saturated heterocycles. The lowest BCUT2D eigenvalue weighted by molar-refractivity contribution is 0.0912. The number of hydrogen-bond acceptors (Lipinski definition) is 3. The number of aryl methyl sites for hydroxylation is 1. The summed E-state index contributed by atoms with van der Waals surface area (Å²) < 4.78 is 5.67. The fourth-order valence-electron chi connectivity index (χ4n) is 2.69. The molecule has 0 saturated carbocycles. The van der Waals surface area contributed by atoms with E-state index in [1.807, 2.05) is 13.8 Å². The first-order valence-corrected chi connectivity index (χ1v) is 8.14. The van der Waals surface area contributed by atoms with Gasteiger partial charge in [0.25, 0.3) is 5.91 Å². The largest absolute Gasteiger partial charge is 0.451 e. The molecule has 0 spiro atoms. The number of carbonyl (C=O) groups is 2. The predicted octanol–water partition coefficient (Wildman–Crippen LogP) is 3.98. The van der Waals surface area contributed by atoms with Gasteiger partial charge in [-0.25, -0.2) is 0 Å². The lowest BCUT2D eigenvalue weighted by atomic mass is 10.1.